The highest BCUT2D eigenvalue weighted by molar-refractivity contribution is 5.86. The number of carbonyl (C=O) groups is 2. The predicted molar refractivity (Wildman–Crippen MR) is 75.3 cm³/mol. The first-order chi connectivity index (χ1) is 8.67. The van der Waals surface area contributed by atoms with Gasteiger partial charge in [0.15, 0.2) is 0 Å². The third-order valence-corrected chi connectivity index (χ3v) is 4.73. The summed E-state index contributed by atoms with van der Waals surface area (Å²) in [6.07, 6.45) is 1.66. The van der Waals surface area contributed by atoms with Crippen molar-refractivity contribution in [1.82, 2.24) is 10.2 Å². The second-order valence-electron chi connectivity index (χ2n) is 6.41. The van der Waals surface area contributed by atoms with Crippen LogP contribution in [0.25, 0.3) is 0 Å². The first kappa shape index (κ1) is 16.0. The first-order valence-corrected chi connectivity index (χ1v) is 6.91. The molecule has 1 fully saturated rings. The van der Waals surface area contributed by atoms with Gasteiger partial charge in [0.05, 0.1) is 6.54 Å². The molecule has 110 valence electrons. The minimum atomic E-state index is -0.136. The van der Waals surface area contributed by atoms with Gasteiger partial charge in [-0.15, -0.1) is 0 Å². The molecule has 5 heteroatoms. The fraction of sp³-hybridized carbons (Fsp3) is 0.857. The van der Waals surface area contributed by atoms with Gasteiger partial charge < -0.3 is 16.0 Å². The van der Waals surface area contributed by atoms with Crippen molar-refractivity contribution in [3.63, 3.8) is 0 Å². The Morgan fingerprint density at radius 3 is 2.42 bits per heavy atom. The predicted octanol–water partition coefficient (Wildman–Crippen LogP) is 0.590. The van der Waals surface area contributed by atoms with E-state index in [1.807, 2.05) is 0 Å². The fourth-order valence-corrected chi connectivity index (χ4v) is 2.76. The third kappa shape index (κ3) is 3.47. The van der Waals surface area contributed by atoms with Crippen LogP contribution in [0.2, 0.25) is 0 Å². The topological polar surface area (TPSA) is 75.4 Å². The Balaban J connectivity index is 2.64. The Kier molecular flexibility index (Phi) is 4.96. The van der Waals surface area contributed by atoms with Gasteiger partial charge in [-0.25, -0.2) is 0 Å². The lowest BCUT2D eigenvalue weighted by Gasteiger charge is -2.46. The van der Waals surface area contributed by atoms with Crippen molar-refractivity contribution in [2.45, 2.75) is 39.7 Å². The maximum atomic E-state index is 12.3. The Morgan fingerprint density at radius 2 is 1.89 bits per heavy atom. The third-order valence-electron chi connectivity index (χ3n) is 4.73. The number of rotatable bonds is 3. The smallest absolute Gasteiger partial charge is 0.241 e. The Hall–Kier alpha value is -1.10. The van der Waals surface area contributed by atoms with Crippen LogP contribution in [-0.4, -0.2) is 43.4 Å². The van der Waals surface area contributed by atoms with Crippen molar-refractivity contribution in [2.24, 2.45) is 23.0 Å². The van der Waals surface area contributed by atoms with Gasteiger partial charge in [-0.1, -0.05) is 20.8 Å². The van der Waals surface area contributed by atoms with Crippen LogP contribution in [-0.2, 0) is 9.59 Å². The van der Waals surface area contributed by atoms with Gasteiger partial charge in [-0.2, -0.15) is 0 Å². The molecule has 0 aromatic heterocycles. The Bertz CT molecular complexity index is 353. The number of nitrogens with one attached hydrogen (secondary N) is 1. The second kappa shape index (κ2) is 5.90. The summed E-state index contributed by atoms with van der Waals surface area (Å²) >= 11 is 0. The van der Waals surface area contributed by atoms with E-state index in [4.69, 9.17) is 5.73 Å². The van der Waals surface area contributed by atoms with E-state index < -0.39 is 0 Å². The van der Waals surface area contributed by atoms with E-state index in [2.05, 4.69) is 26.1 Å². The molecule has 3 atom stereocenters. The molecular weight excluding hydrogens is 242 g/mol. The molecule has 2 amide bonds. The monoisotopic (exact) mass is 269 g/mol. The zero-order valence-corrected chi connectivity index (χ0v) is 12.7. The number of nitrogens with zero attached hydrogens (tertiary/aromatic N) is 1. The van der Waals surface area contributed by atoms with E-state index in [-0.39, 0.29) is 35.7 Å². The van der Waals surface area contributed by atoms with Crippen molar-refractivity contribution in [2.75, 3.05) is 20.6 Å². The van der Waals surface area contributed by atoms with Crippen molar-refractivity contribution >= 4 is 11.8 Å². The molecule has 0 heterocycles. The van der Waals surface area contributed by atoms with E-state index >= 15 is 0 Å². The average Bonchev–Trinajstić information content (AvgIpc) is 2.32. The van der Waals surface area contributed by atoms with Gasteiger partial charge in [0.1, 0.15) is 0 Å². The molecule has 1 saturated carbocycles. The van der Waals surface area contributed by atoms with Gasteiger partial charge in [-0.05, 0) is 24.2 Å². The highest BCUT2D eigenvalue weighted by atomic mass is 16.2. The van der Waals surface area contributed by atoms with Crippen molar-refractivity contribution in [1.29, 1.82) is 0 Å². The minimum absolute atomic E-state index is 0.0287. The number of hydrogen-bond donors (Lipinski definition) is 2. The Morgan fingerprint density at radius 1 is 1.32 bits per heavy atom. The van der Waals surface area contributed by atoms with Gasteiger partial charge in [-0.3, -0.25) is 9.59 Å². The molecule has 0 aliphatic heterocycles. The highest BCUT2D eigenvalue weighted by Crippen LogP contribution is 2.44. The maximum absolute atomic E-state index is 12.3. The van der Waals surface area contributed by atoms with E-state index in [1.165, 1.54) is 4.90 Å². The molecule has 3 N–H and O–H groups in total. The summed E-state index contributed by atoms with van der Waals surface area (Å²) in [5.41, 5.74) is 5.95. The molecule has 0 radical (unpaired) electrons. The second-order valence-corrected chi connectivity index (χ2v) is 6.41. The molecule has 19 heavy (non-hydrogen) atoms. The lowest BCUT2D eigenvalue weighted by Crippen LogP contribution is -2.52. The molecule has 0 aromatic carbocycles. The van der Waals surface area contributed by atoms with Crippen LogP contribution >= 0.6 is 0 Å². The zero-order chi connectivity index (χ0) is 14.8. The molecule has 5 nitrogen and oxygen atoms in total. The lowest BCUT2D eigenvalue weighted by atomic mass is 9.61. The van der Waals surface area contributed by atoms with Gasteiger partial charge in [0, 0.05) is 26.1 Å². The molecule has 0 bridgehead atoms. The molecule has 0 saturated heterocycles. The Labute approximate surface area is 115 Å². The largest absolute Gasteiger partial charge is 0.347 e. The van der Waals surface area contributed by atoms with Crippen LogP contribution in [0.15, 0.2) is 0 Å². The molecule has 1 aliphatic rings. The van der Waals surface area contributed by atoms with Crippen molar-refractivity contribution in [3.8, 4) is 0 Å². The van der Waals surface area contributed by atoms with Gasteiger partial charge in [0.25, 0.3) is 0 Å². The summed E-state index contributed by atoms with van der Waals surface area (Å²) in [6.45, 7) is 6.36. The quantitative estimate of drug-likeness (QED) is 0.787. The minimum Gasteiger partial charge on any atom is -0.347 e. The lowest BCUT2D eigenvalue weighted by molar-refractivity contribution is -0.136. The van der Waals surface area contributed by atoms with Crippen LogP contribution in [0.5, 0.6) is 0 Å². The summed E-state index contributed by atoms with van der Waals surface area (Å²) in [4.78, 5) is 25.2. The van der Waals surface area contributed by atoms with Crippen LogP contribution < -0.4 is 11.1 Å². The number of amides is 2. The van der Waals surface area contributed by atoms with E-state index in [1.54, 1.807) is 14.1 Å². The molecule has 1 rings (SSSR count). The summed E-state index contributed by atoms with van der Waals surface area (Å²) < 4.78 is 0. The van der Waals surface area contributed by atoms with Gasteiger partial charge >= 0.3 is 0 Å². The van der Waals surface area contributed by atoms with E-state index in [0.717, 1.165) is 12.8 Å². The average molecular weight is 269 g/mol. The maximum Gasteiger partial charge on any atom is 0.241 e. The molecule has 1 aliphatic carbocycles. The van der Waals surface area contributed by atoms with Crippen LogP contribution in [0, 0.1) is 17.3 Å². The van der Waals surface area contributed by atoms with Gasteiger partial charge in [0.2, 0.25) is 11.8 Å². The highest BCUT2D eigenvalue weighted by Gasteiger charge is 2.44. The number of nitrogens with two attached hydrogens (primary N) is 1. The van der Waals surface area contributed by atoms with E-state index in [0.29, 0.717) is 5.92 Å². The zero-order valence-electron chi connectivity index (χ0n) is 12.7. The van der Waals surface area contributed by atoms with Crippen molar-refractivity contribution < 1.29 is 9.59 Å². The summed E-state index contributed by atoms with van der Waals surface area (Å²) in [6, 6.07) is 0.155. The van der Waals surface area contributed by atoms with Crippen LogP contribution in [0.4, 0.5) is 0 Å². The molecule has 0 spiro atoms. The number of likely N-dealkylation sites (N-methyl/N-ethyl adjacent to an activating group) is 1. The number of hydrogen-bond acceptors (Lipinski definition) is 3. The normalized spacial score (nSPS) is 29.7. The van der Waals surface area contributed by atoms with Crippen LogP contribution in [0.3, 0.4) is 0 Å². The first-order valence-electron chi connectivity index (χ1n) is 6.91. The summed E-state index contributed by atoms with van der Waals surface area (Å²) in [7, 11) is 3.36. The summed E-state index contributed by atoms with van der Waals surface area (Å²) in [5.74, 6) is 0.101. The van der Waals surface area contributed by atoms with Crippen LogP contribution in [0.1, 0.15) is 33.6 Å². The SMILES string of the molecule is CC1C(N)CCC(C(=O)NCC(=O)N(C)C)C1(C)C. The summed E-state index contributed by atoms with van der Waals surface area (Å²) in [5, 5.41) is 2.75. The molecule has 3 unspecified atom stereocenters. The molecule has 0 aromatic rings. The van der Waals surface area contributed by atoms with E-state index in [9.17, 15) is 9.59 Å². The van der Waals surface area contributed by atoms with Crippen molar-refractivity contribution in [3.05, 3.63) is 0 Å². The standard InChI is InChI=1S/C14H27N3O2/c1-9-11(15)7-6-10(14(9,2)3)13(19)16-8-12(18)17(4)5/h9-11H,6-8,15H2,1-5H3,(H,16,19). The number of carbonyl (C=O) groups excluding carboxylic acids is 2. The molecular formula is C14H27N3O2. The fourth-order valence-electron chi connectivity index (χ4n) is 2.76.